The first kappa shape index (κ1) is 11.9. The van der Waals surface area contributed by atoms with Crippen molar-refractivity contribution >= 4 is 11.7 Å². The van der Waals surface area contributed by atoms with E-state index in [9.17, 15) is 4.79 Å². The molecule has 0 spiro atoms. The Bertz CT molecular complexity index is 381. The van der Waals surface area contributed by atoms with Crippen molar-refractivity contribution < 1.29 is 9.53 Å². The van der Waals surface area contributed by atoms with Crippen LogP contribution in [-0.4, -0.2) is 17.1 Å². The van der Waals surface area contributed by atoms with Crippen LogP contribution in [0.25, 0.3) is 0 Å². The number of carbonyl (C=O) groups excluding carboxylic acids is 1. The van der Waals surface area contributed by atoms with Gasteiger partial charge in [-0.1, -0.05) is 6.92 Å². The molecule has 0 aromatic carbocycles. The third kappa shape index (κ3) is 3.19. The standard InChI is InChI=1S/C13H18N2O2/c1-9-2-5-11(6-3-9)17-13(16)12-7-4-10(14)8-15-12/h4,7-9,11H,2-3,5-6,14H2,1H3. The molecule has 0 amide bonds. The zero-order valence-corrected chi connectivity index (χ0v) is 10.1. The maximum atomic E-state index is 11.8. The Labute approximate surface area is 101 Å². The predicted octanol–water partition coefficient (Wildman–Crippen LogP) is 2.40. The first-order chi connectivity index (χ1) is 8.15. The van der Waals surface area contributed by atoms with Crippen LogP contribution < -0.4 is 5.73 Å². The van der Waals surface area contributed by atoms with E-state index in [1.807, 2.05) is 0 Å². The Morgan fingerprint density at radius 1 is 1.35 bits per heavy atom. The van der Waals surface area contributed by atoms with E-state index in [-0.39, 0.29) is 12.1 Å². The van der Waals surface area contributed by atoms with Gasteiger partial charge in [0.05, 0.1) is 11.9 Å². The second-order valence-electron chi connectivity index (χ2n) is 4.76. The molecule has 0 atom stereocenters. The predicted molar refractivity (Wildman–Crippen MR) is 65.5 cm³/mol. The van der Waals surface area contributed by atoms with Crippen LogP contribution in [0, 0.1) is 5.92 Å². The number of nitrogens with zero attached hydrogens (tertiary/aromatic N) is 1. The average molecular weight is 234 g/mol. The van der Waals surface area contributed by atoms with E-state index in [1.165, 1.54) is 6.20 Å². The van der Waals surface area contributed by atoms with Crippen molar-refractivity contribution in [2.45, 2.75) is 38.7 Å². The summed E-state index contributed by atoms with van der Waals surface area (Å²) in [5.74, 6) is 0.407. The number of ether oxygens (including phenoxy) is 1. The number of pyridine rings is 1. The van der Waals surface area contributed by atoms with Crippen molar-refractivity contribution in [1.82, 2.24) is 4.98 Å². The fraction of sp³-hybridized carbons (Fsp3) is 0.538. The summed E-state index contributed by atoms with van der Waals surface area (Å²) in [6, 6.07) is 3.26. The van der Waals surface area contributed by atoms with Gasteiger partial charge in [-0.3, -0.25) is 0 Å². The summed E-state index contributed by atoms with van der Waals surface area (Å²) in [5.41, 5.74) is 6.39. The molecule has 1 aromatic rings. The maximum absolute atomic E-state index is 11.8. The monoisotopic (exact) mass is 234 g/mol. The van der Waals surface area contributed by atoms with Crippen molar-refractivity contribution in [3.8, 4) is 0 Å². The first-order valence-electron chi connectivity index (χ1n) is 6.07. The molecule has 0 saturated heterocycles. The van der Waals surface area contributed by atoms with E-state index in [0.29, 0.717) is 11.4 Å². The number of carbonyl (C=O) groups is 1. The van der Waals surface area contributed by atoms with Crippen LogP contribution in [0.5, 0.6) is 0 Å². The summed E-state index contributed by atoms with van der Waals surface area (Å²) in [6.45, 7) is 2.24. The SMILES string of the molecule is CC1CCC(OC(=O)c2ccc(N)cn2)CC1. The van der Waals surface area contributed by atoms with E-state index < -0.39 is 0 Å². The molecular formula is C13H18N2O2. The normalized spacial score (nSPS) is 24.3. The van der Waals surface area contributed by atoms with Crippen LogP contribution in [0.4, 0.5) is 5.69 Å². The number of aromatic nitrogens is 1. The fourth-order valence-electron chi connectivity index (χ4n) is 2.09. The zero-order valence-electron chi connectivity index (χ0n) is 10.1. The molecule has 1 heterocycles. The quantitative estimate of drug-likeness (QED) is 0.798. The van der Waals surface area contributed by atoms with Gasteiger partial charge in [-0.2, -0.15) is 0 Å². The molecule has 1 aliphatic rings. The number of esters is 1. The van der Waals surface area contributed by atoms with Crippen LogP contribution in [0.3, 0.4) is 0 Å². The maximum Gasteiger partial charge on any atom is 0.357 e. The topological polar surface area (TPSA) is 65.2 Å². The van der Waals surface area contributed by atoms with Crippen LogP contribution in [-0.2, 0) is 4.74 Å². The van der Waals surface area contributed by atoms with Crippen molar-refractivity contribution in [2.75, 3.05) is 5.73 Å². The summed E-state index contributed by atoms with van der Waals surface area (Å²) in [5, 5.41) is 0. The van der Waals surface area contributed by atoms with Gasteiger partial charge in [-0.25, -0.2) is 9.78 Å². The van der Waals surface area contributed by atoms with Crippen molar-refractivity contribution in [3.63, 3.8) is 0 Å². The highest BCUT2D eigenvalue weighted by atomic mass is 16.5. The summed E-state index contributed by atoms with van der Waals surface area (Å²) in [6.07, 6.45) is 5.71. The van der Waals surface area contributed by atoms with E-state index >= 15 is 0 Å². The molecule has 17 heavy (non-hydrogen) atoms. The largest absolute Gasteiger partial charge is 0.458 e. The molecule has 2 rings (SSSR count). The van der Waals surface area contributed by atoms with Crippen LogP contribution >= 0.6 is 0 Å². The molecule has 0 aliphatic heterocycles. The van der Waals surface area contributed by atoms with Gasteiger partial charge in [0.2, 0.25) is 0 Å². The number of hydrogen-bond acceptors (Lipinski definition) is 4. The van der Waals surface area contributed by atoms with Gasteiger partial charge in [0, 0.05) is 0 Å². The molecule has 0 unspecified atom stereocenters. The first-order valence-corrected chi connectivity index (χ1v) is 6.07. The minimum absolute atomic E-state index is 0.0538. The van der Waals surface area contributed by atoms with Crippen LogP contribution in [0.1, 0.15) is 43.1 Å². The highest BCUT2D eigenvalue weighted by Gasteiger charge is 2.22. The van der Waals surface area contributed by atoms with Gasteiger partial charge < -0.3 is 10.5 Å². The number of hydrogen-bond donors (Lipinski definition) is 1. The molecule has 1 aliphatic carbocycles. The Morgan fingerprint density at radius 3 is 2.65 bits per heavy atom. The summed E-state index contributed by atoms with van der Waals surface area (Å²) >= 11 is 0. The molecule has 0 radical (unpaired) electrons. The second-order valence-corrected chi connectivity index (χ2v) is 4.76. The molecule has 1 aromatic heterocycles. The molecular weight excluding hydrogens is 216 g/mol. The van der Waals surface area contributed by atoms with E-state index in [1.54, 1.807) is 12.1 Å². The molecule has 4 heteroatoms. The van der Waals surface area contributed by atoms with Crippen LogP contribution in [0.2, 0.25) is 0 Å². The fourth-order valence-corrected chi connectivity index (χ4v) is 2.09. The smallest absolute Gasteiger partial charge is 0.357 e. The van der Waals surface area contributed by atoms with Crippen molar-refractivity contribution in [1.29, 1.82) is 0 Å². The molecule has 2 N–H and O–H groups in total. The Kier molecular flexibility index (Phi) is 3.61. The minimum atomic E-state index is -0.343. The van der Waals surface area contributed by atoms with Gasteiger partial charge in [0.1, 0.15) is 11.8 Å². The van der Waals surface area contributed by atoms with Gasteiger partial charge >= 0.3 is 5.97 Å². The van der Waals surface area contributed by atoms with Crippen molar-refractivity contribution in [2.24, 2.45) is 5.92 Å². The summed E-state index contributed by atoms with van der Waals surface area (Å²) in [4.78, 5) is 15.7. The Balaban J connectivity index is 1.91. The summed E-state index contributed by atoms with van der Waals surface area (Å²) < 4.78 is 5.42. The lowest BCUT2D eigenvalue weighted by molar-refractivity contribution is 0.0167. The average Bonchev–Trinajstić information content (AvgIpc) is 2.33. The van der Waals surface area contributed by atoms with E-state index in [2.05, 4.69) is 11.9 Å². The summed E-state index contributed by atoms with van der Waals surface area (Å²) in [7, 11) is 0. The number of nitrogens with two attached hydrogens (primary N) is 1. The molecule has 1 saturated carbocycles. The molecule has 92 valence electrons. The third-order valence-corrected chi connectivity index (χ3v) is 3.23. The Hall–Kier alpha value is -1.58. The molecule has 4 nitrogen and oxygen atoms in total. The number of anilines is 1. The lowest BCUT2D eigenvalue weighted by Gasteiger charge is -2.25. The highest BCUT2D eigenvalue weighted by Crippen LogP contribution is 2.26. The second kappa shape index (κ2) is 5.17. The number of rotatable bonds is 2. The van der Waals surface area contributed by atoms with E-state index in [4.69, 9.17) is 10.5 Å². The minimum Gasteiger partial charge on any atom is -0.458 e. The lowest BCUT2D eigenvalue weighted by Crippen LogP contribution is -2.24. The van der Waals surface area contributed by atoms with Gasteiger partial charge in [0.25, 0.3) is 0 Å². The lowest BCUT2D eigenvalue weighted by atomic mass is 9.89. The van der Waals surface area contributed by atoms with Gasteiger partial charge in [-0.05, 0) is 43.7 Å². The van der Waals surface area contributed by atoms with E-state index in [0.717, 1.165) is 31.6 Å². The Morgan fingerprint density at radius 2 is 2.06 bits per heavy atom. The molecule has 1 fully saturated rings. The van der Waals surface area contributed by atoms with Gasteiger partial charge in [-0.15, -0.1) is 0 Å². The van der Waals surface area contributed by atoms with Crippen LogP contribution in [0.15, 0.2) is 18.3 Å². The third-order valence-electron chi connectivity index (χ3n) is 3.23. The number of nitrogen functional groups attached to an aromatic ring is 1. The zero-order chi connectivity index (χ0) is 12.3. The van der Waals surface area contributed by atoms with Gasteiger partial charge in [0.15, 0.2) is 0 Å². The highest BCUT2D eigenvalue weighted by molar-refractivity contribution is 5.87. The molecule has 0 bridgehead atoms. The van der Waals surface area contributed by atoms with Crippen molar-refractivity contribution in [3.05, 3.63) is 24.0 Å².